The van der Waals surface area contributed by atoms with Gasteiger partial charge in [0, 0.05) is 5.02 Å². The number of rotatable bonds is 4. The van der Waals surface area contributed by atoms with E-state index in [1.165, 1.54) is 12.1 Å². The number of hydrogen-bond acceptors (Lipinski definition) is 3. The zero-order valence-electron chi connectivity index (χ0n) is 9.50. The minimum absolute atomic E-state index is 0.292. The lowest BCUT2D eigenvalue weighted by Crippen LogP contribution is -2.42. The Hall–Kier alpha value is -1.17. The Morgan fingerprint density at radius 3 is 2.65 bits per heavy atom. The van der Waals surface area contributed by atoms with Crippen LogP contribution in [0.4, 0.5) is 4.39 Å². The van der Waals surface area contributed by atoms with Gasteiger partial charge in [0.05, 0.1) is 6.04 Å². The van der Waals surface area contributed by atoms with Gasteiger partial charge in [-0.3, -0.25) is 4.79 Å². The maximum atomic E-state index is 13.4. The van der Waals surface area contributed by atoms with Gasteiger partial charge in [0.2, 0.25) is 0 Å². The van der Waals surface area contributed by atoms with Crippen LogP contribution in [-0.2, 0) is 4.79 Å². The molecule has 94 valence electrons. The fourth-order valence-corrected chi connectivity index (χ4v) is 1.91. The summed E-state index contributed by atoms with van der Waals surface area (Å²) in [5, 5.41) is 11.9. The molecule has 2 atom stereocenters. The van der Waals surface area contributed by atoms with Crippen molar-refractivity contribution in [3.63, 3.8) is 0 Å². The van der Waals surface area contributed by atoms with E-state index in [1.54, 1.807) is 14.0 Å². The third-order valence-electron chi connectivity index (χ3n) is 2.57. The van der Waals surface area contributed by atoms with E-state index in [0.29, 0.717) is 16.1 Å². The first-order valence-electron chi connectivity index (χ1n) is 4.99. The van der Waals surface area contributed by atoms with Crippen molar-refractivity contribution in [2.75, 3.05) is 7.05 Å². The molecule has 4 N–H and O–H groups in total. The third kappa shape index (κ3) is 2.94. The lowest BCUT2D eigenvalue weighted by molar-refractivity contribution is -0.139. The zero-order valence-corrected chi connectivity index (χ0v) is 10.3. The molecule has 1 rings (SSSR count). The fraction of sp³-hybridized carbons (Fsp3) is 0.364. The second kappa shape index (κ2) is 5.44. The quantitative estimate of drug-likeness (QED) is 0.766. The van der Waals surface area contributed by atoms with Gasteiger partial charge in [0.1, 0.15) is 11.9 Å². The molecule has 1 aromatic rings. The number of likely N-dealkylation sites (N-methyl/N-ethyl adjacent to an activating group) is 1. The molecule has 4 nitrogen and oxygen atoms in total. The topological polar surface area (TPSA) is 75.3 Å². The number of benzene rings is 1. The van der Waals surface area contributed by atoms with Gasteiger partial charge in [0.25, 0.3) is 0 Å². The highest BCUT2D eigenvalue weighted by molar-refractivity contribution is 6.31. The average molecular weight is 261 g/mol. The highest BCUT2D eigenvalue weighted by Crippen LogP contribution is 2.27. The van der Waals surface area contributed by atoms with Gasteiger partial charge in [-0.15, -0.1) is 0 Å². The fourth-order valence-electron chi connectivity index (χ4n) is 1.57. The van der Waals surface area contributed by atoms with Gasteiger partial charge in [-0.25, -0.2) is 4.39 Å². The monoisotopic (exact) mass is 260 g/mol. The first-order chi connectivity index (χ1) is 7.88. The summed E-state index contributed by atoms with van der Waals surface area (Å²) < 4.78 is 13.4. The summed E-state index contributed by atoms with van der Waals surface area (Å²) >= 11 is 5.97. The Morgan fingerprint density at radius 1 is 1.59 bits per heavy atom. The molecule has 6 heteroatoms. The largest absolute Gasteiger partial charge is 0.480 e. The first-order valence-corrected chi connectivity index (χ1v) is 5.37. The average Bonchev–Trinajstić information content (AvgIpc) is 2.25. The molecule has 0 spiro atoms. The first kappa shape index (κ1) is 13.9. The van der Waals surface area contributed by atoms with Crippen molar-refractivity contribution in [3.05, 3.63) is 34.1 Å². The number of aryl methyl sites for hydroxylation is 1. The van der Waals surface area contributed by atoms with Crippen molar-refractivity contribution in [1.29, 1.82) is 0 Å². The molecule has 0 saturated carbocycles. The predicted octanol–water partition coefficient (Wildman–Crippen LogP) is 1.46. The molecular formula is C11H14ClFN2O2. The van der Waals surface area contributed by atoms with Gasteiger partial charge in [-0.2, -0.15) is 0 Å². The van der Waals surface area contributed by atoms with Crippen LogP contribution in [0.5, 0.6) is 0 Å². The van der Waals surface area contributed by atoms with Crippen LogP contribution in [0.1, 0.15) is 17.2 Å². The third-order valence-corrected chi connectivity index (χ3v) is 2.90. The summed E-state index contributed by atoms with van der Waals surface area (Å²) in [4.78, 5) is 10.8. The van der Waals surface area contributed by atoms with Crippen molar-refractivity contribution in [1.82, 2.24) is 5.32 Å². The van der Waals surface area contributed by atoms with E-state index in [9.17, 15) is 9.18 Å². The van der Waals surface area contributed by atoms with Crippen LogP contribution in [0.25, 0.3) is 0 Å². The Balaban J connectivity index is 3.21. The predicted molar refractivity (Wildman–Crippen MR) is 63.6 cm³/mol. The lowest BCUT2D eigenvalue weighted by atomic mass is 9.98. The molecule has 0 aromatic heterocycles. The van der Waals surface area contributed by atoms with Gasteiger partial charge in [-0.1, -0.05) is 11.6 Å². The molecule has 0 amide bonds. The van der Waals surface area contributed by atoms with E-state index in [2.05, 4.69) is 5.32 Å². The SMILES string of the molecule is CNC(c1cc(F)c(C)cc1Cl)C(N)C(=O)O. The molecule has 0 radical (unpaired) electrons. The zero-order chi connectivity index (χ0) is 13.2. The van der Waals surface area contributed by atoms with Gasteiger partial charge in [-0.05, 0) is 37.2 Å². The van der Waals surface area contributed by atoms with Gasteiger partial charge >= 0.3 is 5.97 Å². The molecule has 0 aliphatic rings. The molecule has 0 bridgehead atoms. The van der Waals surface area contributed by atoms with Crippen LogP contribution in [0.15, 0.2) is 12.1 Å². The van der Waals surface area contributed by atoms with Crippen LogP contribution in [-0.4, -0.2) is 24.2 Å². The summed E-state index contributed by atoms with van der Waals surface area (Å²) in [5.74, 6) is -1.62. The lowest BCUT2D eigenvalue weighted by Gasteiger charge is -2.22. The van der Waals surface area contributed by atoms with Crippen LogP contribution in [0.2, 0.25) is 5.02 Å². The van der Waals surface area contributed by atoms with E-state index in [0.717, 1.165) is 0 Å². The van der Waals surface area contributed by atoms with Gasteiger partial charge < -0.3 is 16.2 Å². The summed E-state index contributed by atoms with van der Waals surface area (Å²) in [5.41, 5.74) is 6.26. The van der Waals surface area contributed by atoms with Crippen molar-refractivity contribution < 1.29 is 14.3 Å². The number of carboxylic acid groups (broad SMARTS) is 1. The number of nitrogens with one attached hydrogen (secondary N) is 1. The molecule has 0 saturated heterocycles. The highest BCUT2D eigenvalue weighted by Gasteiger charge is 2.26. The number of carboxylic acids is 1. The number of aliphatic carboxylic acids is 1. The number of hydrogen-bond donors (Lipinski definition) is 3. The molecule has 17 heavy (non-hydrogen) atoms. The summed E-state index contributed by atoms with van der Waals surface area (Å²) in [6.07, 6.45) is 0. The Labute approximate surface area is 104 Å². The van der Waals surface area contributed by atoms with E-state index in [1.807, 2.05) is 0 Å². The maximum absolute atomic E-state index is 13.4. The van der Waals surface area contributed by atoms with Crippen molar-refractivity contribution >= 4 is 17.6 Å². The molecule has 1 aromatic carbocycles. The summed E-state index contributed by atoms with van der Waals surface area (Å²) in [6.45, 7) is 1.58. The Morgan fingerprint density at radius 2 is 2.18 bits per heavy atom. The second-order valence-corrected chi connectivity index (χ2v) is 4.16. The number of carbonyl (C=O) groups is 1. The van der Waals surface area contributed by atoms with E-state index >= 15 is 0 Å². The summed E-state index contributed by atoms with van der Waals surface area (Å²) in [7, 11) is 1.54. The molecule has 0 heterocycles. The van der Waals surface area contributed by atoms with E-state index in [-0.39, 0.29) is 0 Å². The highest BCUT2D eigenvalue weighted by atomic mass is 35.5. The van der Waals surface area contributed by atoms with Crippen molar-refractivity contribution in [3.8, 4) is 0 Å². The maximum Gasteiger partial charge on any atom is 0.322 e. The number of halogens is 2. The summed E-state index contributed by atoms with van der Waals surface area (Å²) in [6, 6.07) is 0.724. The van der Waals surface area contributed by atoms with Crippen LogP contribution in [0, 0.1) is 12.7 Å². The smallest absolute Gasteiger partial charge is 0.322 e. The van der Waals surface area contributed by atoms with Crippen LogP contribution in [0.3, 0.4) is 0 Å². The Kier molecular flexibility index (Phi) is 4.45. The van der Waals surface area contributed by atoms with E-state index < -0.39 is 23.9 Å². The molecule has 0 aliphatic carbocycles. The van der Waals surface area contributed by atoms with Crippen molar-refractivity contribution in [2.45, 2.75) is 19.0 Å². The second-order valence-electron chi connectivity index (χ2n) is 3.75. The van der Waals surface area contributed by atoms with Crippen molar-refractivity contribution in [2.24, 2.45) is 5.73 Å². The Bertz CT molecular complexity index is 440. The molecule has 2 unspecified atom stereocenters. The number of nitrogens with two attached hydrogens (primary N) is 1. The molecular weight excluding hydrogens is 247 g/mol. The van der Waals surface area contributed by atoms with E-state index in [4.69, 9.17) is 22.4 Å². The van der Waals surface area contributed by atoms with Crippen LogP contribution >= 0.6 is 11.6 Å². The molecule has 0 fully saturated rings. The minimum Gasteiger partial charge on any atom is -0.480 e. The standard InChI is InChI=1S/C11H14ClFN2O2/c1-5-3-7(12)6(4-8(5)13)10(15-2)9(14)11(16)17/h3-4,9-10,15H,14H2,1-2H3,(H,16,17). The normalized spacial score (nSPS) is 14.4. The minimum atomic E-state index is -1.19. The molecule has 0 aliphatic heterocycles. The van der Waals surface area contributed by atoms with Gasteiger partial charge in [0.15, 0.2) is 0 Å². The van der Waals surface area contributed by atoms with Crippen LogP contribution < -0.4 is 11.1 Å².